The van der Waals surface area contributed by atoms with Crippen molar-refractivity contribution in [3.05, 3.63) is 34.9 Å². The van der Waals surface area contributed by atoms with E-state index in [2.05, 4.69) is 0 Å². The van der Waals surface area contributed by atoms with Gasteiger partial charge >= 0.3 is 0 Å². The molecule has 4 saturated carbocycles. The van der Waals surface area contributed by atoms with Gasteiger partial charge in [0.2, 0.25) is 11.8 Å². The van der Waals surface area contributed by atoms with Crippen LogP contribution in [0.2, 0.25) is 5.02 Å². The zero-order valence-corrected chi connectivity index (χ0v) is 15.9. The minimum absolute atomic E-state index is 0.0883. The maximum absolute atomic E-state index is 12.8. The summed E-state index contributed by atoms with van der Waals surface area (Å²) in [4.78, 5) is 27.3. The Morgan fingerprint density at radius 3 is 2.42 bits per heavy atom. The van der Waals surface area contributed by atoms with Gasteiger partial charge < -0.3 is 10.6 Å². The van der Waals surface area contributed by atoms with Crippen LogP contribution in [0.5, 0.6) is 0 Å². The lowest BCUT2D eigenvalue weighted by Gasteiger charge is -2.65. The van der Waals surface area contributed by atoms with Gasteiger partial charge in [-0.05, 0) is 61.5 Å². The summed E-state index contributed by atoms with van der Waals surface area (Å²) in [5, 5.41) is -0.0189. The van der Waals surface area contributed by atoms with Crippen LogP contribution in [-0.4, -0.2) is 28.1 Å². The van der Waals surface area contributed by atoms with Gasteiger partial charge in [-0.1, -0.05) is 29.8 Å². The highest BCUT2D eigenvalue weighted by Gasteiger charge is 2.66. The number of halogens is 2. The van der Waals surface area contributed by atoms with Crippen molar-refractivity contribution < 1.29 is 9.59 Å². The summed E-state index contributed by atoms with van der Waals surface area (Å²) in [5.41, 5.74) is 6.22. The van der Waals surface area contributed by atoms with Crippen LogP contribution in [-0.2, 0) is 9.59 Å². The third-order valence-electron chi connectivity index (χ3n) is 7.34. The van der Waals surface area contributed by atoms with Gasteiger partial charge in [0, 0.05) is 11.1 Å². The third-order valence-corrected chi connectivity index (χ3v) is 8.11. The quantitative estimate of drug-likeness (QED) is 0.631. The van der Waals surface area contributed by atoms with E-state index in [9.17, 15) is 9.59 Å². The molecule has 6 rings (SSSR count). The number of nitrogens with two attached hydrogens (primary N) is 1. The Bertz CT molecular complexity index is 784. The minimum Gasteiger partial charge on any atom is -0.369 e. The predicted octanol–water partition coefficient (Wildman–Crippen LogP) is 3.51. The highest BCUT2D eigenvalue weighted by molar-refractivity contribution is 6.35. The fourth-order valence-corrected chi connectivity index (χ4v) is 7.28. The van der Waals surface area contributed by atoms with Gasteiger partial charge in [0.15, 0.2) is 0 Å². The molecule has 1 aliphatic heterocycles. The zero-order chi connectivity index (χ0) is 18.2. The molecule has 4 bridgehead atoms. The second-order valence-electron chi connectivity index (χ2n) is 8.69. The molecular formula is C20H22Cl2N2O2. The molecule has 4 nitrogen and oxygen atoms in total. The molecule has 2 N–H and O–H groups in total. The van der Waals surface area contributed by atoms with Crippen molar-refractivity contribution >= 4 is 35.0 Å². The van der Waals surface area contributed by atoms with Crippen LogP contribution >= 0.6 is 23.2 Å². The van der Waals surface area contributed by atoms with E-state index >= 15 is 0 Å². The summed E-state index contributed by atoms with van der Waals surface area (Å²) >= 11 is 12.8. The van der Waals surface area contributed by atoms with E-state index in [1.807, 2.05) is 29.2 Å². The number of nitrogens with zero attached hydrogens (tertiary/aromatic N) is 1. The smallest absolute Gasteiger partial charge is 0.243 e. The van der Waals surface area contributed by atoms with Crippen LogP contribution < -0.4 is 5.73 Å². The van der Waals surface area contributed by atoms with E-state index in [-0.39, 0.29) is 23.9 Å². The summed E-state index contributed by atoms with van der Waals surface area (Å²) < 4.78 is 0. The Balaban J connectivity index is 1.58. The van der Waals surface area contributed by atoms with Crippen LogP contribution in [0.15, 0.2) is 24.3 Å². The largest absolute Gasteiger partial charge is 0.369 e. The molecule has 1 aromatic rings. The van der Waals surface area contributed by atoms with Gasteiger partial charge in [0.1, 0.15) is 5.38 Å². The average Bonchev–Trinajstić information content (AvgIpc) is 2.60. The van der Waals surface area contributed by atoms with Crippen molar-refractivity contribution in [2.75, 3.05) is 0 Å². The van der Waals surface area contributed by atoms with Crippen LogP contribution in [0.25, 0.3) is 0 Å². The van der Waals surface area contributed by atoms with Gasteiger partial charge in [-0.2, -0.15) is 0 Å². The van der Waals surface area contributed by atoms with Gasteiger partial charge in [0.05, 0.1) is 11.5 Å². The van der Waals surface area contributed by atoms with Crippen LogP contribution in [0.1, 0.15) is 43.7 Å². The average molecular weight is 393 g/mol. The number of primary amides is 1. The fraction of sp³-hybridized carbons (Fsp3) is 0.600. The lowest BCUT2D eigenvalue weighted by Crippen LogP contribution is -2.72. The standard InChI is InChI=1S/C20H22Cl2N2O2/c21-14-4-2-1-3-13(14)16-15(22)18(25)24(16)17-12-6-10-5-11(7-12)9-20(17,8-10)19(23)26/h1-4,10-12,15-17H,5-9H2,(H2,23,26). The van der Waals surface area contributed by atoms with E-state index in [1.54, 1.807) is 0 Å². The van der Waals surface area contributed by atoms with Crippen molar-refractivity contribution in [2.24, 2.45) is 28.9 Å². The highest BCUT2D eigenvalue weighted by Crippen LogP contribution is 2.63. The van der Waals surface area contributed by atoms with Crippen LogP contribution in [0.4, 0.5) is 0 Å². The zero-order valence-electron chi connectivity index (χ0n) is 14.4. The number of carbonyl (C=O) groups is 2. The van der Waals surface area contributed by atoms with Gasteiger partial charge in [-0.25, -0.2) is 0 Å². The summed E-state index contributed by atoms with van der Waals surface area (Å²) in [5.74, 6) is 1.14. The number of benzene rings is 1. The van der Waals surface area contributed by atoms with Crippen molar-refractivity contribution in [3.63, 3.8) is 0 Å². The van der Waals surface area contributed by atoms with Crippen molar-refractivity contribution in [1.29, 1.82) is 0 Å². The number of alkyl halides is 1. The highest BCUT2D eigenvalue weighted by atomic mass is 35.5. The Morgan fingerprint density at radius 2 is 1.81 bits per heavy atom. The minimum atomic E-state index is -0.628. The maximum Gasteiger partial charge on any atom is 0.243 e. The molecule has 5 fully saturated rings. The van der Waals surface area contributed by atoms with Crippen molar-refractivity contribution in [2.45, 2.75) is 49.6 Å². The lowest BCUT2D eigenvalue weighted by molar-refractivity contribution is -0.185. The number of hydrogen-bond acceptors (Lipinski definition) is 2. The molecular weight excluding hydrogens is 371 g/mol. The molecule has 2 amide bonds. The Hall–Kier alpha value is -1.26. The normalized spacial score (nSPS) is 43.5. The Morgan fingerprint density at radius 1 is 1.15 bits per heavy atom. The summed E-state index contributed by atoms with van der Waals surface area (Å²) in [6.45, 7) is 0. The Kier molecular flexibility index (Phi) is 3.65. The fourth-order valence-electron chi connectivity index (χ4n) is 6.66. The van der Waals surface area contributed by atoms with Gasteiger partial charge in [-0.3, -0.25) is 9.59 Å². The summed E-state index contributed by atoms with van der Waals surface area (Å²) in [6, 6.07) is 7.10. The van der Waals surface area contributed by atoms with Crippen molar-refractivity contribution in [3.8, 4) is 0 Å². The summed E-state index contributed by atoms with van der Waals surface area (Å²) in [6.07, 6.45) is 5.00. The predicted molar refractivity (Wildman–Crippen MR) is 99.7 cm³/mol. The first-order valence-corrected chi connectivity index (χ1v) is 10.2. The number of β-lactam (4-membered cyclic amide) rings is 1. The van der Waals surface area contributed by atoms with Gasteiger partial charge in [-0.15, -0.1) is 11.6 Å². The maximum atomic E-state index is 12.8. The molecule has 138 valence electrons. The molecule has 4 aliphatic carbocycles. The monoisotopic (exact) mass is 392 g/mol. The van der Waals surface area contributed by atoms with Crippen LogP contribution in [0, 0.1) is 23.2 Å². The number of rotatable bonds is 3. The first-order chi connectivity index (χ1) is 12.4. The number of hydrogen-bond donors (Lipinski definition) is 1. The van der Waals surface area contributed by atoms with E-state index in [1.165, 1.54) is 6.42 Å². The van der Waals surface area contributed by atoms with Crippen molar-refractivity contribution in [1.82, 2.24) is 4.90 Å². The molecule has 0 aromatic heterocycles. The molecule has 5 unspecified atom stereocenters. The van der Waals surface area contributed by atoms with E-state index in [0.29, 0.717) is 22.8 Å². The number of carbonyl (C=O) groups excluding carboxylic acids is 2. The molecule has 5 aliphatic rings. The molecule has 0 radical (unpaired) electrons. The van der Waals surface area contributed by atoms with E-state index in [4.69, 9.17) is 28.9 Å². The molecule has 5 atom stereocenters. The first kappa shape index (κ1) is 16.9. The van der Waals surface area contributed by atoms with E-state index in [0.717, 1.165) is 31.2 Å². The SMILES string of the molecule is NC(=O)C12CC3CC(CC(C3)C1N1C(=O)C(Cl)C1c1ccccc1Cl)C2. The summed E-state index contributed by atoms with van der Waals surface area (Å²) in [7, 11) is 0. The number of amides is 2. The molecule has 1 aromatic carbocycles. The molecule has 26 heavy (non-hydrogen) atoms. The topological polar surface area (TPSA) is 63.4 Å². The third kappa shape index (κ3) is 2.09. The first-order valence-electron chi connectivity index (χ1n) is 9.43. The van der Waals surface area contributed by atoms with Crippen LogP contribution in [0.3, 0.4) is 0 Å². The van der Waals surface area contributed by atoms with Gasteiger partial charge in [0.25, 0.3) is 0 Å². The lowest BCUT2D eigenvalue weighted by atomic mass is 9.46. The molecule has 0 spiro atoms. The number of likely N-dealkylation sites (tertiary alicyclic amines) is 1. The second-order valence-corrected chi connectivity index (χ2v) is 9.56. The molecule has 1 heterocycles. The molecule has 1 saturated heterocycles. The van der Waals surface area contributed by atoms with E-state index < -0.39 is 10.8 Å². The Labute approximate surface area is 163 Å². The molecule has 6 heteroatoms. The second kappa shape index (κ2) is 5.62.